The van der Waals surface area contributed by atoms with E-state index in [2.05, 4.69) is 22.7 Å². The number of thiazole rings is 1. The van der Waals surface area contributed by atoms with E-state index in [0.29, 0.717) is 11.3 Å². The van der Waals surface area contributed by atoms with E-state index in [9.17, 15) is 17.6 Å². The Labute approximate surface area is 195 Å². The molecule has 6 nitrogen and oxygen atoms in total. The van der Waals surface area contributed by atoms with Crippen molar-refractivity contribution in [2.75, 3.05) is 4.72 Å². The monoisotopic (exact) mass is 483 g/mol. The molecule has 0 aliphatic rings. The number of carbonyl (C=O) groups is 1. The Bertz CT molecular complexity index is 1500. The van der Waals surface area contributed by atoms with Gasteiger partial charge in [0.05, 0.1) is 15.1 Å². The lowest BCUT2D eigenvalue weighted by molar-refractivity contribution is 0.0998. The minimum Gasteiger partial charge on any atom is -0.316 e. The third-order valence-corrected chi connectivity index (χ3v) is 7.61. The topological polar surface area (TPSA) is 80.5 Å². The molecular weight excluding hydrogens is 461 g/mol. The van der Waals surface area contributed by atoms with Crippen molar-refractivity contribution in [1.82, 2.24) is 4.57 Å². The number of aromatic nitrogens is 1. The number of fused-ring (bicyclic) bond motifs is 1. The fraction of sp³-hybridized carbons (Fsp3) is 0.167. The van der Waals surface area contributed by atoms with Crippen molar-refractivity contribution in [3.63, 3.8) is 0 Å². The number of anilines is 1. The third kappa shape index (κ3) is 4.74. The summed E-state index contributed by atoms with van der Waals surface area (Å²) in [6, 6.07) is 16.7. The molecule has 0 aliphatic carbocycles. The number of carbonyl (C=O) groups excluding carboxylic acids is 1. The van der Waals surface area contributed by atoms with Crippen LogP contribution in [0.4, 0.5) is 10.1 Å². The van der Waals surface area contributed by atoms with Gasteiger partial charge in [0.15, 0.2) is 4.80 Å². The van der Waals surface area contributed by atoms with Gasteiger partial charge in [-0.15, -0.1) is 0 Å². The maximum absolute atomic E-state index is 13.1. The molecule has 1 aromatic heterocycles. The lowest BCUT2D eigenvalue weighted by Crippen LogP contribution is -2.17. The summed E-state index contributed by atoms with van der Waals surface area (Å²) in [7, 11) is -3.93. The SMILES string of the molecule is CCc1cccc2sc(=NC(=O)c3cccc(NS(=O)(=O)c4ccc(F)cc4)c3)n(CC)c12. The quantitative estimate of drug-likeness (QED) is 0.421. The van der Waals surface area contributed by atoms with Gasteiger partial charge in [-0.1, -0.05) is 36.5 Å². The molecule has 33 heavy (non-hydrogen) atoms. The highest BCUT2D eigenvalue weighted by molar-refractivity contribution is 7.92. The lowest BCUT2D eigenvalue weighted by Gasteiger charge is -2.09. The van der Waals surface area contributed by atoms with Crippen LogP contribution in [-0.2, 0) is 23.0 Å². The van der Waals surface area contributed by atoms with Gasteiger partial charge in [-0.2, -0.15) is 4.99 Å². The Morgan fingerprint density at radius 1 is 1.06 bits per heavy atom. The number of amides is 1. The van der Waals surface area contributed by atoms with E-state index in [0.717, 1.165) is 28.8 Å². The van der Waals surface area contributed by atoms with Crippen molar-refractivity contribution >= 4 is 43.2 Å². The summed E-state index contributed by atoms with van der Waals surface area (Å²) in [5.41, 5.74) is 2.75. The molecule has 0 radical (unpaired) electrons. The average molecular weight is 484 g/mol. The van der Waals surface area contributed by atoms with Gasteiger partial charge in [0.2, 0.25) is 0 Å². The minimum atomic E-state index is -3.93. The number of sulfonamides is 1. The molecule has 1 N–H and O–H groups in total. The van der Waals surface area contributed by atoms with Crippen LogP contribution >= 0.6 is 11.3 Å². The molecule has 4 rings (SSSR count). The summed E-state index contributed by atoms with van der Waals surface area (Å²) in [5.74, 6) is -0.996. The van der Waals surface area contributed by atoms with Gasteiger partial charge in [0, 0.05) is 17.8 Å². The number of hydrogen-bond donors (Lipinski definition) is 1. The van der Waals surface area contributed by atoms with Crippen molar-refractivity contribution in [3.05, 3.63) is 88.5 Å². The lowest BCUT2D eigenvalue weighted by atomic mass is 10.1. The average Bonchev–Trinajstić information content (AvgIpc) is 3.16. The molecule has 0 bridgehead atoms. The van der Waals surface area contributed by atoms with Gasteiger partial charge in [0.25, 0.3) is 15.9 Å². The Balaban J connectivity index is 1.68. The molecule has 0 aliphatic heterocycles. The normalized spacial score (nSPS) is 12.3. The summed E-state index contributed by atoms with van der Waals surface area (Å²) in [4.78, 5) is 17.8. The van der Waals surface area contributed by atoms with Crippen LogP contribution in [0.15, 0.2) is 76.6 Å². The molecule has 170 valence electrons. The Kier molecular flexibility index (Phi) is 6.44. The van der Waals surface area contributed by atoms with E-state index in [4.69, 9.17) is 0 Å². The fourth-order valence-corrected chi connectivity index (χ4v) is 5.75. The largest absolute Gasteiger partial charge is 0.316 e. The first-order valence-electron chi connectivity index (χ1n) is 10.4. The van der Waals surface area contributed by atoms with E-state index in [1.807, 2.05) is 23.6 Å². The Morgan fingerprint density at radius 3 is 2.48 bits per heavy atom. The van der Waals surface area contributed by atoms with E-state index >= 15 is 0 Å². The van der Waals surface area contributed by atoms with Gasteiger partial charge >= 0.3 is 0 Å². The molecular formula is C24H22FN3O3S2. The first-order chi connectivity index (χ1) is 15.8. The summed E-state index contributed by atoms with van der Waals surface area (Å²) >= 11 is 1.45. The van der Waals surface area contributed by atoms with Gasteiger partial charge in [-0.25, -0.2) is 12.8 Å². The van der Waals surface area contributed by atoms with E-state index in [-0.39, 0.29) is 16.1 Å². The Morgan fingerprint density at radius 2 is 1.79 bits per heavy atom. The van der Waals surface area contributed by atoms with Crippen LogP contribution in [0, 0.1) is 5.82 Å². The van der Waals surface area contributed by atoms with Gasteiger partial charge in [-0.3, -0.25) is 9.52 Å². The van der Waals surface area contributed by atoms with Crippen molar-refractivity contribution in [2.45, 2.75) is 31.7 Å². The third-order valence-electron chi connectivity index (χ3n) is 5.16. The zero-order valence-corrected chi connectivity index (χ0v) is 19.7. The molecule has 9 heteroatoms. The molecule has 0 fully saturated rings. The standard InChI is InChI=1S/C24H22FN3O3S2/c1-3-16-7-6-10-21-22(16)28(4-2)24(32-21)26-23(29)17-8-5-9-19(15-17)27-33(30,31)20-13-11-18(25)12-14-20/h5-15,27H,3-4H2,1-2H3. The van der Waals surface area contributed by atoms with Crippen LogP contribution in [0.25, 0.3) is 10.2 Å². The summed E-state index contributed by atoms with van der Waals surface area (Å²) in [5, 5.41) is 0. The van der Waals surface area contributed by atoms with Crippen molar-refractivity contribution in [2.24, 2.45) is 4.99 Å². The van der Waals surface area contributed by atoms with Crippen molar-refractivity contribution in [3.8, 4) is 0 Å². The summed E-state index contributed by atoms with van der Waals surface area (Å²) < 4.78 is 43.8. The predicted octanol–water partition coefficient (Wildman–Crippen LogP) is 4.97. The van der Waals surface area contributed by atoms with Crippen LogP contribution in [0.2, 0.25) is 0 Å². The second-order valence-corrected chi connectivity index (χ2v) is 10.00. The van der Waals surface area contributed by atoms with E-state index in [1.165, 1.54) is 41.2 Å². The molecule has 0 atom stereocenters. The maximum Gasteiger partial charge on any atom is 0.279 e. The smallest absolute Gasteiger partial charge is 0.279 e. The van der Waals surface area contributed by atoms with Crippen LogP contribution in [-0.4, -0.2) is 18.9 Å². The second kappa shape index (κ2) is 9.29. The zero-order chi connectivity index (χ0) is 23.6. The number of halogens is 1. The molecule has 1 amide bonds. The maximum atomic E-state index is 13.1. The van der Waals surface area contributed by atoms with Crippen molar-refractivity contribution < 1.29 is 17.6 Å². The highest BCUT2D eigenvalue weighted by atomic mass is 32.2. The molecule has 1 heterocycles. The number of nitrogens with zero attached hydrogens (tertiary/aromatic N) is 2. The number of para-hydroxylation sites is 1. The summed E-state index contributed by atoms with van der Waals surface area (Å²) in [6.07, 6.45) is 0.873. The number of nitrogens with one attached hydrogen (secondary N) is 1. The first kappa shape index (κ1) is 22.9. The van der Waals surface area contributed by atoms with Crippen LogP contribution in [0.5, 0.6) is 0 Å². The molecule has 0 saturated carbocycles. The van der Waals surface area contributed by atoms with Crippen LogP contribution in [0.1, 0.15) is 29.8 Å². The van der Waals surface area contributed by atoms with Crippen LogP contribution in [0.3, 0.4) is 0 Å². The molecule has 0 saturated heterocycles. The van der Waals surface area contributed by atoms with E-state index in [1.54, 1.807) is 12.1 Å². The number of benzene rings is 3. The van der Waals surface area contributed by atoms with Crippen LogP contribution < -0.4 is 9.52 Å². The molecule has 3 aromatic carbocycles. The predicted molar refractivity (Wildman–Crippen MR) is 128 cm³/mol. The molecule has 0 unspecified atom stereocenters. The Hall–Kier alpha value is -3.30. The highest BCUT2D eigenvalue weighted by Crippen LogP contribution is 2.22. The van der Waals surface area contributed by atoms with Gasteiger partial charge in [-0.05, 0) is 67.4 Å². The van der Waals surface area contributed by atoms with E-state index < -0.39 is 21.7 Å². The number of rotatable bonds is 6. The highest BCUT2D eigenvalue weighted by Gasteiger charge is 2.16. The fourth-order valence-electron chi connectivity index (χ4n) is 3.56. The molecule has 0 spiro atoms. The molecule has 4 aromatic rings. The second-order valence-electron chi connectivity index (χ2n) is 7.30. The summed E-state index contributed by atoms with van der Waals surface area (Å²) in [6.45, 7) is 4.76. The van der Waals surface area contributed by atoms with Crippen molar-refractivity contribution in [1.29, 1.82) is 0 Å². The minimum absolute atomic E-state index is 0.0775. The zero-order valence-electron chi connectivity index (χ0n) is 18.1. The van der Waals surface area contributed by atoms with Gasteiger partial charge in [0.1, 0.15) is 5.82 Å². The number of hydrogen-bond acceptors (Lipinski definition) is 4. The number of aryl methyl sites for hydroxylation is 2. The van der Waals surface area contributed by atoms with Gasteiger partial charge < -0.3 is 4.57 Å². The first-order valence-corrected chi connectivity index (χ1v) is 12.7.